The minimum atomic E-state index is -4.56. The van der Waals surface area contributed by atoms with Gasteiger partial charge in [-0.1, -0.05) is 19.1 Å². The van der Waals surface area contributed by atoms with E-state index < -0.39 is 24.2 Å². The van der Waals surface area contributed by atoms with Crippen molar-refractivity contribution in [3.8, 4) is 11.8 Å². The van der Waals surface area contributed by atoms with Crippen LogP contribution in [0.15, 0.2) is 30.5 Å². The molecule has 1 aromatic carbocycles. The number of carbonyl (C=O) groups is 1. The molecule has 7 nitrogen and oxygen atoms in total. The average molecular weight is 516 g/mol. The Hall–Kier alpha value is -3.52. The Kier molecular flexibility index (Phi) is 6.16. The van der Waals surface area contributed by atoms with E-state index in [1.54, 1.807) is 24.3 Å². The first-order valence-corrected chi connectivity index (χ1v) is 12.4. The summed E-state index contributed by atoms with van der Waals surface area (Å²) < 4.78 is 48.0. The zero-order valence-electron chi connectivity index (χ0n) is 19.6. The molecule has 2 aliphatic rings. The summed E-state index contributed by atoms with van der Waals surface area (Å²) in [5.41, 5.74) is 2.03. The highest BCUT2D eigenvalue weighted by Gasteiger charge is 2.47. The molecule has 5 rings (SSSR count). The van der Waals surface area contributed by atoms with E-state index in [1.807, 2.05) is 0 Å². The largest absolute Gasteiger partial charge is 0.497 e. The number of halogens is 3. The predicted molar refractivity (Wildman–Crippen MR) is 129 cm³/mol. The van der Waals surface area contributed by atoms with Crippen LogP contribution in [0.3, 0.4) is 0 Å². The molecule has 0 radical (unpaired) electrons. The van der Waals surface area contributed by atoms with Gasteiger partial charge in [0.25, 0.3) is 5.91 Å². The Balaban J connectivity index is 1.47. The molecule has 0 bridgehead atoms. The van der Waals surface area contributed by atoms with Gasteiger partial charge in [0.05, 0.1) is 24.9 Å². The van der Waals surface area contributed by atoms with Crippen LogP contribution in [0.1, 0.15) is 63.8 Å². The van der Waals surface area contributed by atoms with Gasteiger partial charge in [0, 0.05) is 11.3 Å². The molecular weight excluding hydrogens is 491 g/mol. The summed E-state index contributed by atoms with van der Waals surface area (Å²) in [6, 6.07) is 6.38. The number of methoxy groups -OCH3 is 1. The second-order valence-electron chi connectivity index (χ2n) is 9.24. The van der Waals surface area contributed by atoms with Crippen LogP contribution >= 0.6 is 11.3 Å². The molecule has 11 heteroatoms. The van der Waals surface area contributed by atoms with E-state index in [0.717, 1.165) is 40.6 Å². The zero-order chi connectivity index (χ0) is 25.6. The summed E-state index contributed by atoms with van der Waals surface area (Å²) in [5, 5.41) is 20.0. The molecule has 0 spiro atoms. The minimum absolute atomic E-state index is 0.00431. The van der Waals surface area contributed by atoms with Crippen LogP contribution in [0, 0.1) is 17.2 Å². The van der Waals surface area contributed by atoms with Crippen molar-refractivity contribution in [2.24, 2.45) is 5.92 Å². The quantitative estimate of drug-likeness (QED) is 0.454. The molecule has 36 heavy (non-hydrogen) atoms. The van der Waals surface area contributed by atoms with Crippen LogP contribution in [0.4, 0.5) is 24.0 Å². The lowest BCUT2D eigenvalue weighted by Gasteiger charge is -2.34. The molecule has 0 saturated heterocycles. The first kappa shape index (κ1) is 24.2. The average Bonchev–Trinajstić information content (AvgIpc) is 3.43. The van der Waals surface area contributed by atoms with Gasteiger partial charge in [0.15, 0.2) is 6.04 Å². The number of carbonyl (C=O) groups excluding carboxylic acids is 1. The fourth-order valence-electron chi connectivity index (χ4n) is 4.91. The van der Waals surface area contributed by atoms with E-state index >= 15 is 0 Å². The maximum atomic E-state index is 14.0. The number of aromatic nitrogens is 2. The van der Waals surface area contributed by atoms with Gasteiger partial charge in [-0.25, -0.2) is 4.68 Å². The van der Waals surface area contributed by atoms with Crippen LogP contribution in [0.5, 0.6) is 5.75 Å². The minimum Gasteiger partial charge on any atom is -0.497 e. The van der Waals surface area contributed by atoms with Gasteiger partial charge in [-0.05, 0) is 48.4 Å². The Labute approximate surface area is 209 Å². The van der Waals surface area contributed by atoms with Crippen molar-refractivity contribution in [2.75, 3.05) is 17.7 Å². The lowest BCUT2D eigenvalue weighted by atomic mass is 9.88. The summed E-state index contributed by atoms with van der Waals surface area (Å²) >= 11 is 1.37. The van der Waals surface area contributed by atoms with E-state index in [-0.39, 0.29) is 17.8 Å². The summed E-state index contributed by atoms with van der Waals surface area (Å²) in [4.78, 5) is 14.3. The van der Waals surface area contributed by atoms with Gasteiger partial charge in [-0.3, -0.25) is 4.79 Å². The van der Waals surface area contributed by atoms with Gasteiger partial charge in [-0.2, -0.15) is 23.5 Å². The topological polar surface area (TPSA) is 92.0 Å². The third-order valence-corrected chi connectivity index (χ3v) is 8.02. The molecule has 3 aromatic rings. The smallest absolute Gasteiger partial charge is 0.410 e. The number of rotatable bonds is 4. The number of alkyl halides is 3. The van der Waals surface area contributed by atoms with Crippen LogP contribution < -0.4 is 15.4 Å². The fraction of sp³-hybridized carbons (Fsp3) is 0.400. The maximum absolute atomic E-state index is 14.0. The van der Waals surface area contributed by atoms with Gasteiger partial charge in [0.2, 0.25) is 0 Å². The second kappa shape index (κ2) is 9.17. The highest BCUT2D eigenvalue weighted by molar-refractivity contribution is 7.16. The molecule has 1 amide bonds. The summed E-state index contributed by atoms with van der Waals surface area (Å²) in [6.45, 7) is 2.15. The number of fused-ring (bicyclic) bond motifs is 2. The van der Waals surface area contributed by atoms with E-state index in [1.165, 1.54) is 18.4 Å². The predicted octanol–water partition coefficient (Wildman–Crippen LogP) is 5.86. The third-order valence-electron chi connectivity index (χ3n) is 6.85. The molecular formula is C25H24F3N5O2S. The first-order chi connectivity index (χ1) is 17.2. The second-order valence-corrected chi connectivity index (χ2v) is 10.3. The van der Waals surface area contributed by atoms with E-state index in [2.05, 4.69) is 28.7 Å². The standard InChI is InChI=1S/C25H24F3N5O2S/c1-13-3-8-16-17(11-29)24(36-20(16)9-13)32-23(34)18-12-30-33-21(25(26,27)28)10-19(31-22(18)33)14-4-6-15(35-2)7-5-14/h4-7,12-13,19,21,31H,3,8-10H2,1-2H3,(H,32,34)/t13-,19-,21-/m0/s1. The number of hydrogen-bond donors (Lipinski definition) is 2. The number of thiophene rings is 1. The maximum Gasteiger partial charge on any atom is 0.410 e. The Morgan fingerprint density at radius 3 is 2.75 bits per heavy atom. The Bertz CT molecular complexity index is 1340. The molecule has 2 N–H and O–H groups in total. The Morgan fingerprint density at radius 2 is 2.08 bits per heavy atom. The SMILES string of the molecule is COc1ccc([C@@H]2C[C@@H](C(F)(F)F)n3ncc(C(=O)Nc4sc5c(c4C#N)CC[C@H](C)C5)c3N2)cc1. The molecule has 0 saturated carbocycles. The van der Waals surface area contributed by atoms with Crippen LogP contribution in [0.25, 0.3) is 0 Å². The molecule has 188 valence electrons. The van der Waals surface area contributed by atoms with Crippen molar-refractivity contribution in [1.29, 1.82) is 5.26 Å². The number of benzene rings is 1. The van der Waals surface area contributed by atoms with E-state index in [9.17, 15) is 23.2 Å². The molecule has 2 aromatic heterocycles. The number of nitrogens with zero attached hydrogens (tertiary/aromatic N) is 3. The van der Waals surface area contributed by atoms with Crippen molar-refractivity contribution in [3.05, 3.63) is 57.6 Å². The summed E-state index contributed by atoms with van der Waals surface area (Å²) in [6.07, 6.45) is -1.11. The first-order valence-electron chi connectivity index (χ1n) is 11.6. The van der Waals surface area contributed by atoms with E-state index in [0.29, 0.717) is 27.8 Å². The van der Waals surface area contributed by atoms with Crippen molar-refractivity contribution in [1.82, 2.24) is 9.78 Å². The van der Waals surface area contributed by atoms with Crippen LogP contribution in [0.2, 0.25) is 0 Å². The molecule has 1 aliphatic heterocycles. The molecule has 3 heterocycles. The lowest BCUT2D eigenvalue weighted by molar-refractivity contribution is -0.173. The van der Waals surface area contributed by atoms with Gasteiger partial charge < -0.3 is 15.4 Å². The summed E-state index contributed by atoms with van der Waals surface area (Å²) in [7, 11) is 1.51. The number of hydrogen-bond acceptors (Lipinski definition) is 6. The number of nitriles is 1. The third kappa shape index (κ3) is 4.30. The highest BCUT2D eigenvalue weighted by atomic mass is 32.1. The Morgan fingerprint density at radius 1 is 1.33 bits per heavy atom. The number of ether oxygens (including phenoxy) is 1. The fourth-order valence-corrected chi connectivity index (χ4v) is 6.27. The van der Waals surface area contributed by atoms with Crippen molar-refractivity contribution >= 4 is 28.1 Å². The molecule has 0 unspecified atom stereocenters. The number of amides is 1. The molecule has 1 aliphatic carbocycles. The van der Waals surface area contributed by atoms with E-state index in [4.69, 9.17) is 4.74 Å². The van der Waals surface area contributed by atoms with Gasteiger partial charge in [-0.15, -0.1) is 11.3 Å². The van der Waals surface area contributed by atoms with Crippen molar-refractivity contribution in [3.63, 3.8) is 0 Å². The highest BCUT2D eigenvalue weighted by Crippen LogP contribution is 2.45. The van der Waals surface area contributed by atoms with Crippen LogP contribution in [-0.4, -0.2) is 29.0 Å². The molecule has 0 fully saturated rings. The lowest BCUT2D eigenvalue weighted by Crippen LogP contribution is -2.36. The monoisotopic (exact) mass is 515 g/mol. The normalized spacial score (nSPS) is 21.1. The van der Waals surface area contributed by atoms with Crippen molar-refractivity contribution in [2.45, 2.75) is 50.9 Å². The van der Waals surface area contributed by atoms with Crippen LogP contribution in [-0.2, 0) is 12.8 Å². The number of nitrogens with one attached hydrogen (secondary N) is 2. The zero-order valence-corrected chi connectivity index (χ0v) is 20.5. The summed E-state index contributed by atoms with van der Waals surface area (Å²) in [5.74, 6) is 0.472. The van der Waals surface area contributed by atoms with Gasteiger partial charge in [0.1, 0.15) is 28.2 Å². The van der Waals surface area contributed by atoms with Crippen molar-refractivity contribution < 1.29 is 22.7 Å². The van der Waals surface area contributed by atoms with Gasteiger partial charge >= 0.3 is 6.18 Å². The number of anilines is 2. The molecule has 3 atom stereocenters.